The van der Waals surface area contributed by atoms with Crippen LogP contribution < -0.4 is 0 Å². The highest BCUT2D eigenvalue weighted by atomic mass is 35.5. The molecular weight excluding hydrogens is 297 g/mol. The average Bonchev–Trinajstić information content (AvgIpc) is 3.06. The third-order valence-electron chi connectivity index (χ3n) is 3.79. The minimum absolute atomic E-state index is 0.0172. The van der Waals surface area contributed by atoms with E-state index in [1.165, 1.54) is 12.1 Å². The Morgan fingerprint density at radius 2 is 2.05 bits per heavy atom. The molecule has 0 unspecified atom stereocenters. The van der Waals surface area contributed by atoms with Crippen LogP contribution in [0, 0.1) is 5.82 Å². The molecule has 0 saturated heterocycles. The Morgan fingerprint density at radius 3 is 2.67 bits per heavy atom. The van der Waals surface area contributed by atoms with Crippen LogP contribution in [0.2, 0.25) is 5.02 Å². The van der Waals surface area contributed by atoms with Crippen molar-refractivity contribution < 1.29 is 18.8 Å². The summed E-state index contributed by atoms with van der Waals surface area (Å²) in [5.41, 5.74) is 0.458. The molecule has 1 aromatic carbocycles. The highest BCUT2D eigenvalue weighted by Crippen LogP contribution is 2.39. The van der Waals surface area contributed by atoms with Crippen molar-refractivity contribution in [1.82, 2.24) is 5.16 Å². The number of hydrogen-bond donors (Lipinski definition) is 1. The summed E-state index contributed by atoms with van der Waals surface area (Å²) >= 11 is 5.82. The number of rotatable bonds is 3. The third kappa shape index (κ3) is 2.65. The van der Waals surface area contributed by atoms with E-state index in [9.17, 15) is 14.3 Å². The van der Waals surface area contributed by atoms with Gasteiger partial charge in [0.1, 0.15) is 17.1 Å². The summed E-state index contributed by atoms with van der Waals surface area (Å²) in [6, 6.07) is 3.84. The molecule has 0 spiro atoms. The number of carbonyl (C=O) groups is 1. The maximum atomic E-state index is 13.5. The first-order valence-electron chi connectivity index (χ1n) is 6.75. The molecule has 0 aliphatic heterocycles. The molecule has 110 valence electrons. The van der Waals surface area contributed by atoms with Crippen LogP contribution in [0.5, 0.6) is 0 Å². The standard InChI is InChI=1S/C15H13ClFNO3/c16-10-5-9(6-11(17)7-10)13-12(15(19)20)14(21-18-13)8-3-1-2-4-8/h5-8H,1-4H2,(H,19,20). The molecule has 1 aliphatic rings. The van der Waals surface area contributed by atoms with E-state index >= 15 is 0 Å². The number of aromatic carboxylic acids is 1. The number of nitrogens with zero attached hydrogens (tertiary/aromatic N) is 1. The second-order valence-electron chi connectivity index (χ2n) is 5.22. The fourth-order valence-electron chi connectivity index (χ4n) is 2.86. The molecule has 1 aliphatic carbocycles. The van der Waals surface area contributed by atoms with Crippen LogP contribution in [-0.2, 0) is 0 Å². The van der Waals surface area contributed by atoms with Crippen molar-refractivity contribution in [2.24, 2.45) is 0 Å². The summed E-state index contributed by atoms with van der Waals surface area (Å²) in [6.07, 6.45) is 3.87. The van der Waals surface area contributed by atoms with E-state index in [4.69, 9.17) is 16.1 Å². The first kappa shape index (κ1) is 14.1. The molecule has 4 nitrogen and oxygen atoms in total. The Hall–Kier alpha value is -1.88. The Labute approximate surface area is 125 Å². The fourth-order valence-corrected chi connectivity index (χ4v) is 3.09. The van der Waals surface area contributed by atoms with Crippen LogP contribution in [0.25, 0.3) is 11.3 Å². The molecule has 1 aromatic heterocycles. The molecule has 0 atom stereocenters. The van der Waals surface area contributed by atoms with Gasteiger partial charge in [-0.25, -0.2) is 9.18 Å². The van der Waals surface area contributed by atoms with Crippen molar-refractivity contribution in [1.29, 1.82) is 0 Å². The van der Waals surface area contributed by atoms with Gasteiger partial charge in [0.2, 0.25) is 0 Å². The van der Waals surface area contributed by atoms with E-state index in [1.807, 2.05) is 0 Å². The van der Waals surface area contributed by atoms with Crippen LogP contribution in [-0.4, -0.2) is 16.2 Å². The van der Waals surface area contributed by atoms with Gasteiger partial charge in [-0.15, -0.1) is 0 Å². The third-order valence-corrected chi connectivity index (χ3v) is 4.01. The van der Waals surface area contributed by atoms with Crippen molar-refractivity contribution in [3.8, 4) is 11.3 Å². The molecule has 0 amide bonds. The first-order valence-corrected chi connectivity index (χ1v) is 7.13. The van der Waals surface area contributed by atoms with Crippen molar-refractivity contribution in [2.75, 3.05) is 0 Å². The smallest absolute Gasteiger partial charge is 0.341 e. The summed E-state index contributed by atoms with van der Waals surface area (Å²) in [4.78, 5) is 11.6. The molecule has 2 aromatic rings. The summed E-state index contributed by atoms with van der Waals surface area (Å²) in [5.74, 6) is -1.20. The Balaban J connectivity index is 2.12. The molecule has 3 rings (SSSR count). The molecule has 0 radical (unpaired) electrons. The Bertz CT molecular complexity index is 672. The number of aromatic nitrogens is 1. The summed E-state index contributed by atoms with van der Waals surface area (Å²) in [5, 5.41) is 13.5. The van der Waals surface area contributed by atoms with Crippen LogP contribution in [0.15, 0.2) is 22.7 Å². The van der Waals surface area contributed by atoms with Crippen LogP contribution in [0.3, 0.4) is 0 Å². The van der Waals surface area contributed by atoms with Gasteiger partial charge in [-0.05, 0) is 31.0 Å². The minimum Gasteiger partial charge on any atom is -0.477 e. The maximum absolute atomic E-state index is 13.5. The van der Waals surface area contributed by atoms with E-state index in [-0.39, 0.29) is 22.2 Å². The van der Waals surface area contributed by atoms with Crippen molar-refractivity contribution in [3.05, 3.63) is 40.4 Å². The van der Waals surface area contributed by atoms with Crippen molar-refractivity contribution >= 4 is 17.6 Å². The Kier molecular flexibility index (Phi) is 3.68. The van der Waals surface area contributed by atoms with Gasteiger partial charge in [-0.3, -0.25) is 0 Å². The van der Waals surface area contributed by atoms with Crippen molar-refractivity contribution in [2.45, 2.75) is 31.6 Å². The van der Waals surface area contributed by atoms with E-state index < -0.39 is 11.8 Å². The predicted molar refractivity (Wildman–Crippen MR) is 75.1 cm³/mol. The molecule has 1 fully saturated rings. The topological polar surface area (TPSA) is 63.3 Å². The molecule has 1 N–H and O–H groups in total. The van der Waals surface area contributed by atoms with Gasteiger partial charge in [-0.2, -0.15) is 0 Å². The number of benzene rings is 1. The SMILES string of the molecule is O=C(O)c1c(-c2cc(F)cc(Cl)c2)noc1C1CCCC1. The zero-order valence-electron chi connectivity index (χ0n) is 11.1. The lowest BCUT2D eigenvalue weighted by Gasteiger charge is -2.05. The van der Waals surface area contributed by atoms with E-state index in [1.54, 1.807) is 0 Å². The molecule has 21 heavy (non-hydrogen) atoms. The second kappa shape index (κ2) is 5.48. The van der Waals surface area contributed by atoms with Gasteiger partial charge in [0.25, 0.3) is 0 Å². The second-order valence-corrected chi connectivity index (χ2v) is 5.65. The van der Waals surface area contributed by atoms with E-state index in [0.717, 1.165) is 31.7 Å². The zero-order valence-corrected chi connectivity index (χ0v) is 11.9. The van der Waals surface area contributed by atoms with E-state index in [2.05, 4.69) is 5.16 Å². The van der Waals surface area contributed by atoms with Gasteiger partial charge >= 0.3 is 5.97 Å². The van der Waals surface area contributed by atoms with Gasteiger partial charge in [-0.1, -0.05) is 29.6 Å². The monoisotopic (exact) mass is 309 g/mol. The molecular formula is C15H13ClFNO3. The predicted octanol–water partition coefficient (Wildman–Crippen LogP) is 4.49. The molecule has 6 heteroatoms. The largest absolute Gasteiger partial charge is 0.477 e. The average molecular weight is 310 g/mol. The number of hydrogen-bond acceptors (Lipinski definition) is 3. The summed E-state index contributed by atoms with van der Waals surface area (Å²) in [6.45, 7) is 0. The minimum atomic E-state index is -1.12. The molecule has 1 saturated carbocycles. The fraction of sp³-hybridized carbons (Fsp3) is 0.333. The van der Waals surface area contributed by atoms with Gasteiger partial charge in [0, 0.05) is 16.5 Å². The molecule has 1 heterocycles. The summed E-state index contributed by atoms with van der Waals surface area (Å²) < 4.78 is 18.7. The maximum Gasteiger partial charge on any atom is 0.341 e. The van der Waals surface area contributed by atoms with E-state index in [0.29, 0.717) is 11.3 Å². The molecule has 0 bridgehead atoms. The van der Waals surface area contributed by atoms with Crippen LogP contribution in [0.4, 0.5) is 4.39 Å². The quantitative estimate of drug-likeness (QED) is 0.907. The number of carboxylic acid groups (broad SMARTS) is 1. The van der Waals surface area contributed by atoms with Crippen LogP contribution >= 0.6 is 11.6 Å². The lowest BCUT2D eigenvalue weighted by Crippen LogP contribution is -2.04. The number of carboxylic acids is 1. The van der Waals surface area contributed by atoms with Gasteiger partial charge in [0.05, 0.1) is 0 Å². The normalized spacial score (nSPS) is 15.5. The Morgan fingerprint density at radius 1 is 1.33 bits per heavy atom. The van der Waals surface area contributed by atoms with Gasteiger partial charge in [0.15, 0.2) is 5.76 Å². The van der Waals surface area contributed by atoms with Gasteiger partial charge < -0.3 is 9.63 Å². The lowest BCUT2D eigenvalue weighted by atomic mass is 9.97. The number of halogens is 2. The van der Waals surface area contributed by atoms with Crippen molar-refractivity contribution in [3.63, 3.8) is 0 Å². The first-order chi connectivity index (χ1) is 10.1. The zero-order chi connectivity index (χ0) is 15.0. The lowest BCUT2D eigenvalue weighted by molar-refractivity contribution is 0.0694. The highest BCUT2D eigenvalue weighted by Gasteiger charge is 2.31. The van der Waals surface area contributed by atoms with Crippen LogP contribution in [0.1, 0.15) is 47.7 Å². The summed E-state index contributed by atoms with van der Waals surface area (Å²) in [7, 11) is 0. The highest BCUT2D eigenvalue weighted by molar-refractivity contribution is 6.30.